The second-order valence-corrected chi connectivity index (χ2v) is 7.22. The molecule has 3 rings (SSSR count). The number of halogens is 1. The average molecular weight is 428 g/mol. The van der Waals surface area contributed by atoms with Crippen molar-refractivity contribution in [2.24, 2.45) is 5.90 Å². The Kier molecular flexibility index (Phi) is 7.21. The zero-order valence-corrected chi connectivity index (χ0v) is 17.5. The maximum absolute atomic E-state index is 12.0. The van der Waals surface area contributed by atoms with Gasteiger partial charge in [-0.3, -0.25) is 4.79 Å². The van der Waals surface area contributed by atoms with Crippen molar-refractivity contribution >= 4 is 28.6 Å². The lowest BCUT2D eigenvalue weighted by molar-refractivity contribution is -0.134. The van der Waals surface area contributed by atoms with Crippen LogP contribution in [-0.2, 0) is 9.63 Å². The molecule has 0 radical (unpaired) electrons. The molecule has 7 nitrogen and oxygen atoms in total. The number of rotatable bonds is 8. The van der Waals surface area contributed by atoms with Crippen molar-refractivity contribution in [3.05, 3.63) is 65.0 Å². The highest BCUT2D eigenvalue weighted by atomic mass is 35.5. The third-order valence-corrected chi connectivity index (χ3v) is 4.48. The zero-order valence-electron chi connectivity index (χ0n) is 16.7. The molecule has 3 aromatic rings. The Bertz CT molecular complexity index is 1060. The molecule has 0 amide bonds. The molecule has 8 heteroatoms. The first-order valence-corrected chi connectivity index (χ1v) is 9.76. The minimum atomic E-state index is -0.326. The summed E-state index contributed by atoms with van der Waals surface area (Å²) in [5.41, 5.74) is 2.35. The van der Waals surface area contributed by atoms with Crippen LogP contribution in [0.1, 0.15) is 33.1 Å². The number of ether oxygens (including phenoxy) is 2. The third kappa shape index (κ3) is 5.92. The number of hydrogen-bond acceptors (Lipinski definition) is 7. The molecule has 0 saturated carbocycles. The predicted octanol–water partition coefficient (Wildman–Crippen LogP) is 5.34. The van der Waals surface area contributed by atoms with E-state index >= 15 is 0 Å². The van der Waals surface area contributed by atoms with Crippen molar-refractivity contribution in [1.29, 1.82) is 0 Å². The molecule has 156 valence electrons. The summed E-state index contributed by atoms with van der Waals surface area (Å²) in [6, 6.07) is 12.0. The first kappa shape index (κ1) is 21.5. The summed E-state index contributed by atoms with van der Waals surface area (Å²) in [4.78, 5) is 25.5. The normalized spacial score (nSPS) is 10.5. The van der Waals surface area contributed by atoms with E-state index in [9.17, 15) is 4.79 Å². The van der Waals surface area contributed by atoms with Gasteiger partial charge in [-0.25, -0.2) is 9.97 Å². The standard InChI is InChI=1S/C22H22ClN3O4/c1-14(2)20(30-24)4-3-5-22(27)29-17-9-7-16(8-10-17)28-21-13-25-19-12-15(23)6-11-18(19)26-21/h6-13H,3-5,24H2,1-2H3. The monoisotopic (exact) mass is 427 g/mol. The van der Waals surface area contributed by atoms with Crippen molar-refractivity contribution in [1.82, 2.24) is 9.97 Å². The molecule has 0 atom stereocenters. The molecule has 0 aliphatic rings. The Labute approximate surface area is 179 Å². The van der Waals surface area contributed by atoms with Crippen LogP contribution in [-0.4, -0.2) is 15.9 Å². The lowest BCUT2D eigenvalue weighted by Gasteiger charge is -2.08. The minimum absolute atomic E-state index is 0.259. The summed E-state index contributed by atoms with van der Waals surface area (Å²) >= 11 is 5.95. The number of hydrogen-bond donors (Lipinski definition) is 1. The molecule has 2 N–H and O–H groups in total. The Morgan fingerprint density at radius 2 is 1.77 bits per heavy atom. The lowest BCUT2D eigenvalue weighted by atomic mass is 10.1. The van der Waals surface area contributed by atoms with Crippen molar-refractivity contribution in [2.75, 3.05) is 0 Å². The van der Waals surface area contributed by atoms with Gasteiger partial charge in [0.25, 0.3) is 0 Å². The van der Waals surface area contributed by atoms with Crippen molar-refractivity contribution < 1.29 is 19.1 Å². The van der Waals surface area contributed by atoms with Gasteiger partial charge in [-0.2, -0.15) is 5.90 Å². The summed E-state index contributed by atoms with van der Waals surface area (Å²) in [5, 5.41) is 0.598. The Balaban J connectivity index is 1.54. The fraction of sp³-hybridized carbons (Fsp3) is 0.227. The number of nitrogens with two attached hydrogens (primary N) is 1. The van der Waals surface area contributed by atoms with E-state index in [0.717, 1.165) is 5.57 Å². The van der Waals surface area contributed by atoms with Crippen LogP contribution >= 0.6 is 11.6 Å². The van der Waals surface area contributed by atoms with Crippen LogP contribution in [0.5, 0.6) is 17.4 Å². The molecule has 0 saturated heterocycles. The van der Waals surface area contributed by atoms with Crippen LogP contribution < -0.4 is 15.4 Å². The maximum Gasteiger partial charge on any atom is 0.311 e. The van der Waals surface area contributed by atoms with Gasteiger partial charge in [0.05, 0.1) is 17.2 Å². The van der Waals surface area contributed by atoms with Gasteiger partial charge < -0.3 is 14.3 Å². The number of benzene rings is 2. The highest BCUT2D eigenvalue weighted by Gasteiger charge is 2.08. The second-order valence-electron chi connectivity index (χ2n) is 6.78. The average Bonchev–Trinajstić information content (AvgIpc) is 2.72. The molecule has 0 aliphatic carbocycles. The molecule has 2 aromatic carbocycles. The fourth-order valence-corrected chi connectivity index (χ4v) is 2.88. The molecule has 0 fully saturated rings. The smallest absolute Gasteiger partial charge is 0.311 e. The molecular formula is C22H22ClN3O4. The SMILES string of the molecule is CC(C)=C(CCCC(=O)Oc1ccc(Oc2cnc3cc(Cl)ccc3n2)cc1)ON. The number of nitrogens with zero attached hydrogens (tertiary/aromatic N) is 2. The summed E-state index contributed by atoms with van der Waals surface area (Å²) in [7, 11) is 0. The first-order valence-electron chi connectivity index (χ1n) is 9.38. The number of carbonyl (C=O) groups is 1. The molecule has 0 unspecified atom stereocenters. The summed E-state index contributed by atoms with van der Waals surface area (Å²) < 4.78 is 11.1. The topological polar surface area (TPSA) is 96.6 Å². The van der Waals surface area contributed by atoms with E-state index in [0.29, 0.717) is 52.0 Å². The van der Waals surface area contributed by atoms with Gasteiger partial charge in [-0.1, -0.05) is 11.6 Å². The highest BCUT2D eigenvalue weighted by molar-refractivity contribution is 6.31. The van der Waals surface area contributed by atoms with Crippen LogP contribution in [0.4, 0.5) is 0 Å². The summed E-state index contributed by atoms with van der Waals surface area (Å²) in [6.07, 6.45) is 2.96. The number of carbonyl (C=O) groups excluding carboxylic acids is 1. The highest BCUT2D eigenvalue weighted by Crippen LogP contribution is 2.25. The number of esters is 1. The van der Waals surface area contributed by atoms with Crippen LogP contribution in [0, 0.1) is 0 Å². The molecule has 0 spiro atoms. The van der Waals surface area contributed by atoms with E-state index in [1.807, 2.05) is 13.8 Å². The molecule has 30 heavy (non-hydrogen) atoms. The molecule has 1 aromatic heterocycles. The Morgan fingerprint density at radius 3 is 2.47 bits per heavy atom. The zero-order chi connectivity index (χ0) is 21.5. The predicted molar refractivity (Wildman–Crippen MR) is 114 cm³/mol. The minimum Gasteiger partial charge on any atom is -0.437 e. The van der Waals surface area contributed by atoms with E-state index in [4.69, 9.17) is 31.8 Å². The van der Waals surface area contributed by atoms with Crippen LogP contribution in [0.25, 0.3) is 11.0 Å². The van der Waals surface area contributed by atoms with E-state index in [-0.39, 0.29) is 12.4 Å². The molecule has 0 aliphatic heterocycles. The van der Waals surface area contributed by atoms with Gasteiger partial charge in [0, 0.05) is 17.9 Å². The fourth-order valence-electron chi connectivity index (χ4n) is 2.72. The first-order chi connectivity index (χ1) is 14.4. The van der Waals surface area contributed by atoms with Gasteiger partial charge in [0.1, 0.15) is 17.3 Å². The third-order valence-electron chi connectivity index (χ3n) is 4.24. The van der Waals surface area contributed by atoms with Crippen LogP contribution in [0.15, 0.2) is 60.0 Å². The van der Waals surface area contributed by atoms with E-state index in [1.54, 1.807) is 42.5 Å². The van der Waals surface area contributed by atoms with E-state index < -0.39 is 0 Å². The largest absolute Gasteiger partial charge is 0.437 e. The molecule has 0 bridgehead atoms. The van der Waals surface area contributed by atoms with E-state index in [1.165, 1.54) is 6.20 Å². The van der Waals surface area contributed by atoms with Gasteiger partial charge in [-0.05, 0) is 68.3 Å². The molecule has 1 heterocycles. The Hall–Kier alpha value is -3.16. The number of allylic oxidation sites excluding steroid dienone is 2. The van der Waals surface area contributed by atoms with Crippen molar-refractivity contribution in [3.8, 4) is 17.4 Å². The van der Waals surface area contributed by atoms with Crippen LogP contribution in [0.3, 0.4) is 0 Å². The van der Waals surface area contributed by atoms with Gasteiger partial charge in [0.2, 0.25) is 5.88 Å². The second kappa shape index (κ2) is 10.0. The van der Waals surface area contributed by atoms with Crippen LogP contribution in [0.2, 0.25) is 5.02 Å². The van der Waals surface area contributed by atoms with Crippen molar-refractivity contribution in [3.63, 3.8) is 0 Å². The quantitative estimate of drug-likeness (QED) is 0.224. The van der Waals surface area contributed by atoms with Gasteiger partial charge in [0.15, 0.2) is 0 Å². The lowest BCUT2D eigenvalue weighted by Crippen LogP contribution is -2.08. The Morgan fingerprint density at radius 1 is 1.03 bits per heavy atom. The maximum atomic E-state index is 12.0. The van der Waals surface area contributed by atoms with Crippen molar-refractivity contribution in [2.45, 2.75) is 33.1 Å². The summed E-state index contributed by atoms with van der Waals surface area (Å²) in [6.45, 7) is 3.81. The number of fused-ring (bicyclic) bond motifs is 1. The number of aromatic nitrogens is 2. The summed E-state index contributed by atoms with van der Waals surface area (Å²) in [5.74, 6) is 6.91. The van der Waals surface area contributed by atoms with Gasteiger partial charge >= 0.3 is 5.97 Å². The van der Waals surface area contributed by atoms with Gasteiger partial charge in [-0.15, -0.1) is 0 Å². The molecular weight excluding hydrogens is 406 g/mol. The van der Waals surface area contributed by atoms with E-state index in [2.05, 4.69) is 9.97 Å².